The maximum atomic E-state index is 10.8. The first kappa shape index (κ1) is 42.5. The van der Waals surface area contributed by atoms with Crippen LogP contribution in [0.1, 0.15) is 16.7 Å². The van der Waals surface area contributed by atoms with Crippen molar-refractivity contribution in [1.29, 1.82) is 15.8 Å². The maximum Gasteiger partial charge on any atom is 0.187 e. The Kier molecular flexibility index (Phi) is 10.3. The largest absolute Gasteiger partial charge is 0.309 e. The molecular formula is C64H34N8. The van der Waals surface area contributed by atoms with Crippen LogP contribution < -0.4 is 0 Å². The minimum atomic E-state index is 0.496. The van der Waals surface area contributed by atoms with E-state index in [0.717, 1.165) is 111 Å². The number of rotatable bonds is 7. The first-order valence-corrected chi connectivity index (χ1v) is 23.1. The minimum absolute atomic E-state index is 0.496. The van der Waals surface area contributed by atoms with Crippen LogP contribution in [0.4, 0.5) is 11.4 Å². The standard InChI is InChI=1S/C64H34N8/c1-68-51-20-11-44(12-21-51)48-18-27-62-57(33-48)58-34-49(45-13-22-52(69-2)23-14-45)19-28-63(58)72(62)64-29-30-70-39-59(64)54-35-53(24-15-50(54)38-67)71-60-25-16-46(42-7-3-40(36-65)4-8-42)31-55(60)56-32-47(17-26-61(56)71)43-9-5-41(37-66)6-10-43/h3-35,39H. The van der Waals surface area contributed by atoms with Crippen molar-refractivity contribution in [2.24, 2.45) is 0 Å². The average molecular weight is 915 g/mol. The molecule has 0 atom stereocenters. The predicted molar refractivity (Wildman–Crippen MR) is 287 cm³/mol. The van der Waals surface area contributed by atoms with Crippen molar-refractivity contribution < 1.29 is 0 Å². The van der Waals surface area contributed by atoms with Gasteiger partial charge in [-0.2, -0.15) is 15.8 Å². The van der Waals surface area contributed by atoms with Crippen LogP contribution in [0.3, 0.4) is 0 Å². The van der Waals surface area contributed by atoms with Crippen LogP contribution in [-0.2, 0) is 0 Å². The Labute approximate surface area is 414 Å². The number of hydrogen-bond acceptors (Lipinski definition) is 4. The number of fused-ring (bicyclic) bond motifs is 6. The van der Waals surface area contributed by atoms with Gasteiger partial charge in [0.2, 0.25) is 0 Å². The summed E-state index contributed by atoms with van der Waals surface area (Å²) in [5.74, 6) is 0. The molecule has 0 bridgehead atoms. The molecule has 8 nitrogen and oxygen atoms in total. The zero-order valence-corrected chi connectivity index (χ0v) is 38.2. The summed E-state index contributed by atoms with van der Waals surface area (Å²) in [5.41, 5.74) is 18.0. The van der Waals surface area contributed by atoms with Crippen molar-refractivity contribution in [3.05, 3.63) is 246 Å². The van der Waals surface area contributed by atoms with Crippen LogP contribution in [-0.4, -0.2) is 14.1 Å². The molecule has 72 heavy (non-hydrogen) atoms. The van der Waals surface area contributed by atoms with E-state index in [1.54, 1.807) is 6.20 Å². The maximum absolute atomic E-state index is 10.8. The van der Waals surface area contributed by atoms with E-state index in [4.69, 9.17) is 13.1 Å². The number of pyridine rings is 1. The third kappa shape index (κ3) is 7.17. The highest BCUT2D eigenvalue weighted by molar-refractivity contribution is 6.13. The second-order valence-corrected chi connectivity index (χ2v) is 17.5. The summed E-state index contributed by atoms with van der Waals surface area (Å²) >= 11 is 0. The molecule has 0 radical (unpaired) electrons. The van der Waals surface area contributed by atoms with E-state index >= 15 is 0 Å². The van der Waals surface area contributed by atoms with Gasteiger partial charge >= 0.3 is 0 Å². The van der Waals surface area contributed by atoms with E-state index in [-0.39, 0.29) is 0 Å². The van der Waals surface area contributed by atoms with Crippen LogP contribution in [0.2, 0.25) is 0 Å². The minimum Gasteiger partial charge on any atom is -0.309 e. The Bertz CT molecular complexity index is 4180. The molecule has 0 spiro atoms. The van der Waals surface area contributed by atoms with Gasteiger partial charge in [-0.15, -0.1) is 0 Å². The molecule has 8 heteroatoms. The summed E-state index contributed by atoms with van der Waals surface area (Å²) in [6.07, 6.45) is 3.63. The van der Waals surface area contributed by atoms with Gasteiger partial charge in [0.15, 0.2) is 11.4 Å². The zero-order valence-electron chi connectivity index (χ0n) is 38.2. The van der Waals surface area contributed by atoms with Crippen LogP contribution >= 0.6 is 0 Å². The quantitative estimate of drug-likeness (QED) is 0.149. The van der Waals surface area contributed by atoms with Crippen molar-refractivity contribution in [2.45, 2.75) is 0 Å². The summed E-state index contributed by atoms with van der Waals surface area (Å²) in [6.45, 7) is 15.0. The first-order valence-electron chi connectivity index (χ1n) is 23.1. The second kappa shape index (κ2) is 17.4. The van der Waals surface area contributed by atoms with Crippen molar-refractivity contribution >= 4 is 55.0 Å². The number of nitriles is 3. The van der Waals surface area contributed by atoms with Gasteiger partial charge in [0.1, 0.15) is 0 Å². The first-order chi connectivity index (χ1) is 35.4. The number of hydrogen-bond donors (Lipinski definition) is 0. The lowest BCUT2D eigenvalue weighted by molar-refractivity contribution is 1.15. The lowest BCUT2D eigenvalue weighted by atomic mass is 9.99. The molecule has 0 saturated heterocycles. The lowest BCUT2D eigenvalue weighted by Crippen LogP contribution is -2.01. The van der Waals surface area contributed by atoms with E-state index in [0.29, 0.717) is 28.1 Å². The van der Waals surface area contributed by atoms with Crippen molar-refractivity contribution in [1.82, 2.24) is 14.1 Å². The van der Waals surface area contributed by atoms with Gasteiger partial charge in [0.25, 0.3) is 0 Å². The molecule has 0 unspecified atom stereocenters. The van der Waals surface area contributed by atoms with Gasteiger partial charge < -0.3 is 9.13 Å². The Morgan fingerprint density at radius 2 is 0.764 bits per heavy atom. The van der Waals surface area contributed by atoms with Gasteiger partial charge in [-0.05, 0) is 142 Å². The molecular weight excluding hydrogens is 881 g/mol. The molecule has 330 valence electrons. The summed E-state index contributed by atoms with van der Waals surface area (Å²) in [5, 5.41) is 34.0. The van der Waals surface area contributed by atoms with Crippen LogP contribution in [0.5, 0.6) is 0 Å². The van der Waals surface area contributed by atoms with Gasteiger partial charge in [0.05, 0.1) is 75.8 Å². The highest BCUT2D eigenvalue weighted by Gasteiger charge is 2.21. The monoisotopic (exact) mass is 914 g/mol. The molecule has 9 aromatic carbocycles. The Balaban J connectivity index is 1.06. The van der Waals surface area contributed by atoms with E-state index < -0.39 is 0 Å². The molecule has 3 heterocycles. The molecule has 0 N–H and O–H groups in total. The molecule has 12 rings (SSSR count). The number of aromatic nitrogens is 3. The topological polar surface area (TPSA) is 103 Å². The van der Waals surface area contributed by atoms with Crippen molar-refractivity contribution in [3.63, 3.8) is 0 Å². The average Bonchev–Trinajstić information content (AvgIpc) is 3.96. The van der Waals surface area contributed by atoms with Gasteiger partial charge in [-0.1, -0.05) is 97.1 Å². The summed E-state index contributed by atoms with van der Waals surface area (Å²) in [4.78, 5) is 11.9. The fraction of sp³-hybridized carbons (Fsp3) is 0. The van der Waals surface area contributed by atoms with Crippen LogP contribution in [0, 0.1) is 47.1 Å². The zero-order chi connectivity index (χ0) is 48.9. The van der Waals surface area contributed by atoms with Gasteiger partial charge in [0, 0.05) is 50.8 Å². The lowest BCUT2D eigenvalue weighted by Gasteiger charge is -2.16. The number of benzene rings is 9. The molecule has 0 aliphatic rings. The molecule has 0 aliphatic carbocycles. The van der Waals surface area contributed by atoms with Crippen LogP contribution in [0.15, 0.2) is 207 Å². The predicted octanol–water partition coefficient (Wildman–Crippen LogP) is 16.3. The Morgan fingerprint density at radius 1 is 0.375 bits per heavy atom. The van der Waals surface area contributed by atoms with Gasteiger partial charge in [-0.25, -0.2) is 9.69 Å². The summed E-state index contributed by atoms with van der Waals surface area (Å²) in [7, 11) is 0. The fourth-order valence-electron chi connectivity index (χ4n) is 10.0. The molecule has 0 saturated carbocycles. The fourth-order valence-corrected chi connectivity index (χ4v) is 10.0. The van der Waals surface area contributed by atoms with Crippen LogP contribution in [0.25, 0.3) is 120 Å². The molecule has 0 aliphatic heterocycles. The Morgan fingerprint density at radius 3 is 1.15 bits per heavy atom. The molecule has 3 aromatic heterocycles. The van der Waals surface area contributed by atoms with E-state index in [1.165, 1.54) is 0 Å². The van der Waals surface area contributed by atoms with E-state index in [1.807, 2.05) is 121 Å². The summed E-state index contributed by atoms with van der Waals surface area (Å²) < 4.78 is 4.50. The highest BCUT2D eigenvalue weighted by Crippen LogP contribution is 2.43. The SMILES string of the molecule is [C-]#[N+]c1ccc(-c2ccc3c(c2)c2cc(-c4ccc([N+]#[C-])cc4)ccc2n3-c2ccncc2-c2cc(-n3c4ccc(-c5ccc(C#N)cc5)cc4c4cc(-c5ccc(C#N)cc5)ccc43)ccc2C#N)cc1. The normalized spacial score (nSPS) is 11.0. The van der Waals surface area contributed by atoms with Gasteiger partial charge in [-0.3, -0.25) is 4.98 Å². The molecule has 0 fully saturated rings. The third-order valence-electron chi connectivity index (χ3n) is 13.6. The van der Waals surface area contributed by atoms with Crippen molar-refractivity contribution in [3.8, 4) is 85.2 Å². The van der Waals surface area contributed by atoms with Crippen molar-refractivity contribution in [2.75, 3.05) is 0 Å². The second-order valence-electron chi connectivity index (χ2n) is 17.5. The third-order valence-corrected chi connectivity index (χ3v) is 13.6. The highest BCUT2D eigenvalue weighted by atomic mass is 15.0. The summed E-state index contributed by atoms with van der Waals surface area (Å²) in [6, 6.07) is 71.2. The number of nitrogens with zero attached hydrogens (tertiary/aromatic N) is 8. The molecule has 0 amide bonds. The van der Waals surface area contributed by atoms with E-state index in [2.05, 4.69) is 121 Å². The molecule has 12 aromatic rings. The Hall–Kier alpha value is -10.8. The smallest absolute Gasteiger partial charge is 0.187 e. The van der Waals surface area contributed by atoms with E-state index in [9.17, 15) is 15.8 Å².